The van der Waals surface area contributed by atoms with Crippen molar-refractivity contribution in [3.05, 3.63) is 54.7 Å². The number of nitrogens with two attached hydrogens (primary N) is 1. The molecule has 3 aromatic rings. The molecule has 2 aromatic carbocycles. The monoisotopic (exact) mass is 208 g/mol. The molecule has 2 heteroatoms. The van der Waals surface area contributed by atoms with Crippen LogP contribution in [0.3, 0.4) is 0 Å². The van der Waals surface area contributed by atoms with Crippen LogP contribution in [0.15, 0.2) is 54.7 Å². The Hall–Kier alpha value is -2.22. The summed E-state index contributed by atoms with van der Waals surface area (Å²) in [7, 11) is 0. The SMILES string of the molecule is Nc1cc(-c2ccccc2)cc2cc[nH]c12. The molecule has 0 spiro atoms. The first kappa shape index (κ1) is 9.04. The third kappa shape index (κ3) is 1.36. The predicted octanol–water partition coefficient (Wildman–Crippen LogP) is 3.42. The molecule has 3 rings (SSSR count). The normalized spacial score (nSPS) is 10.8. The molecule has 0 amide bonds. The molecule has 1 aromatic heterocycles. The molecule has 2 nitrogen and oxygen atoms in total. The van der Waals surface area contributed by atoms with E-state index in [0.717, 1.165) is 22.2 Å². The molecule has 3 N–H and O–H groups in total. The Bertz CT molecular complexity index is 624. The smallest absolute Gasteiger partial charge is 0.0687 e. The topological polar surface area (TPSA) is 41.8 Å². The molecular weight excluding hydrogens is 196 g/mol. The second kappa shape index (κ2) is 3.42. The summed E-state index contributed by atoms with van der Waals surface area (Å²) in [4.78, 5) is 3.14. The number of hydrogen-bond acceptors (Lipinski definition) is 1. The van der Waals surface area contributed by atoms with E-state index in [-0.39, 0.29) is 0 Å². The molecule has 1 heterocycles. The molecule has 78 valence electrons. The van der Waals surface area contributed by atoms with Crippen molar-refractivity contribution in [2.24, 2.45) is 0 Å². The van der Waals surface area contributed by atoms with Crippen LogP contribution in [-0.4, -0.2) is 4.98 Å². The Morgan fingerprint density at radius 1 is 0.875 bits per heavy atom. The first-order valence-corrected chi connectivity index (χ1v) is 5.26. The lowest BCUT2D eigenvalue weighted by molar-refractivity contribution is 1.48. The van der Waals surface area contributed by atoms with E-state index in [1.165, 1.54) is 5.56 Å². The first-order valence-electron chi connectivity index (χ1n) is 5.26. The van der Waals surface area contributed by atoms with Gasteiger partial charge in [0.25, 0.3) is 0 Å². The number of nitrogens with one attached hydrogen (secondary N) is 1. The summed E-state index contributed by atoms with van der Waals surface area (Å²) < 4.78 is 0. The second-order valence-electron chi connectivity index (χ2n) is 3.87. The van der Waals surface area contributed by atoms with Crippen LogP contribution < -0.4 is 5.73 Å². The summed E-state index contributed by atoms with van der Waals surface area (Å²) in [5.41, 5.74) is 10.2. The first-order chi connectivity index (χ1) is 7.84. The Morgan fingerprint density at radius 3 is 2.50 bits per heavy atom. The van der Waals surface area contributed by atoms with Crippen molar-refractivity contribution in [2.45, 2.75) is 0 Å². The Morgan fingerprint density at radius 2 is 1.69 bits per heavy atom. The molecule has 0 fully saturated rings. The zero-order valence-electron chi connectivity index (χ0n) is 8.77. The average Bonchev–Trinajstić information content (AvgIpc) is 2.79. The van der Waals surface area contributed by atoms with E-state index in [2.05, 4.69) is 23.2 Å². The number of fused-ring (bicyclic) bond motifs is 1. The fraction of sp³-hybridized carbons (Fsp3) is 0. The zero-order valence-corrected chi connectivity index (χ0v) is 8.77. The number of aromatic nitrogens is 1. The van der Waals surface area contributed by atoms with Crippen LogP contribution in [-0.2, 0) is 0 Å². The summed E-state index contributed by atoms with van der Waals surface area (Å²) in [6.45, 7) is 0. The van der Waals surface area contributed by atoms with Crippen LogP contribution in [0.5, 0.6) is 0 Å². The van der Waals surface area contributed by atoms with Crippen LogP contribution in [0.25, 0.3) is 22.0 Å². The van der Waals surface area contributed by atoms with Crippen molar-refractivity contribution in [3.8, 4) is 11.1 Å². The highest BCUT2D eigenvalue weighted by Crippen LogP contribution is 2.28. The molecule has 0 bridgehead atoms. The van der Waals surface area contributed by atoms with E-state index >= 15 is 0 Å². The molecule has 0 aliphatic rings. The summed E-state index contributed by atoms with van der Waals surface area (Å²) in [6.07, 6.45) is 1.91. The van der Waals surface area contributed by atoms with Crippen LogP contribution in [0.2, 0.25) is 0 Å². The van der Waals surface area contributed by atoms with E-state index < -0.39 is 0 Å². The summed E-state index contributed by atoms with van der Waals surface area (Å²) in [5.74, 6) is 0. The third-order valence-electron chi connectivity index (χ3n) is 2.80. The maximum atomic E-state index is 6.01. The minimum Gasteiger partial charge on any atom is -0.397 e. The molecule has 0 saturated heterocycles. The van der Waals surface area contributed by atoms with Gasteiger partial charge in [-0.1, -0.05) is 30.3 Å². The van der Waals surface area contributed by atoms with Crippen molar-refractivity contribution in [2.75, 3.05) is 5.73 Å². The van der Waals surface area contributed by atoms with Gasteiger partial charge in [-0.3, -0.25) is 0 Å². The Labute approximate surface area is 93.7 Å². The highest BCUT2D eigenvalue weighted by atomic mass is 14.7. The maximum Gasteiger partial charge on any atom is 0.0687 e. The summed E-state index contributed by atoms with van der Waals surface area (Å²) in [6, 6.07) is 16.5. The fourth-order valence-electron chi connectivity index (χ4n) is 2.00. The van der Waals surface area contributed by atoms with Gasteiger partial charge < -0.3 is 10.7 Å². The molecule has 0 aliphatic heterocycles. The number of anilines is 1. The van der Waals surface area contributed by atoms with Crippen molar-refractivity contribution < 1.29 is 0 Å². The molecule has 0 saturated carbocycles. The Balaban J connectivity index is 2.25. The zero-order chi connectivity index (χ0) is 11.0. The fourth-order valence-corrected chi connectivity index (χ4v) is 2.00. The second-order valence-corrected chi connectivity index (χ2v) is 3.87. The third-order valence-corrected chi connectivity index (χ3v) is 2.80. The van der Waals surface area contributed by atoms with Crippen LogP contribution in [0.4, 0.5) is 5.69 Å². The number of aromatic amines is 1. The molecule has 0 aliphatic carbocycles. The number of benzene rings is 2. The van der Waals surface area contributed by atoms with Crippen LogP contribution in [0, 0.1) is 0 Å². The summed E-state index contributed by atoms with van der Waals surface area (Å²) >= 11 is 0. The van der Waals surface area contributed by atoms with E-state index in [1.54, 1.807) is 0 Å². The molecule has 16 heavy (non-hydrogen) atoms. The van der Waals surface area contributed by atoms with Gasteiger partial charge in [-0.05, 0) is 29.3 Å². The number of H-pyrrole nitrogens is 1. The molecule has 0 atom stereocenters. The van der Waals surface area contributed by atoms with Gasteiger partial charge in [0.1, 0.15) is 0 Å². The number of hydrogen-bond donors (Lipinski definition) is 2. The predicted molar refractivity (Wildman–Crippen MR) is 68.1 cm³/mol. The maximum absolute atomic E-state index is 6.01. The van der Waals surface area contributed by atoms with Crippen molar-refractivity contribution >= 4 is 16.6 Å². The average molecular weight is 208 g/mol. The van der Waals surface area contributed by atoms with Crippen molar-refractivity contribution in [1.82, 2.24) is 4.98 Å². The van der Waals surface area contributed by atoms with Crippen LogP contribution in [0.1, 0.15) is 0 Å². The van der Waals surface area contributed by atoms with Gasteiger partial charge in [0, 0.05) is 11.6 Å². The van der Waals surface area contributed by atoms with Crippen LogP contribution >= 0.6 is 0 Å². The van der Waals surface area contributed by atoms with Gasteiger partial charge in [-0.2, -0.15) is 0 Å². The lowest BCUT2D eigenvalue weighted by atomic mass is 10.0. The lowest BCUT2D eigenvalue weighted by Crippen LogP contribution is -1.88. The molecule has 0 radical (unpaired) electrons. The minimum atomic E-state index is 0.793. The van der Waals surface area contributed by atoms with Gasteiger partial charge in [0.2, 0.25) is 0 Å². The molecular formula is C14H12N2. The number of nitrogen functional groups attached to an aromatic ring is 1. The van der Waals surface area contributed by atoms with E-state index in [0.29, 0.717) is 0 Å². The van der Waals surface area contributed by atoms with Crippen molar-refractivity contribution in [3.63, 3.8) is 0 Å². The Kier molecular flexibility index (Phi) is 1.93. The van der Waals surface area contributed by atoms with E-state index in [1.807, 2.05) is 36.5 Å². The quantitative estimate of drug-likeness (QED) is 0.591. The minimum absolute atomic E-state index is 0.793. The largest absolute Gasteiger partial charge is 0.397 e. The van der Waals surface area contributed by atoms with E-state index in [4.69, 9.17) is 5.73 Å². The summed E-state index contributed by atoms with van der Waals surface area (Å²) in [5, 5.41) is 1.15. The van der Waals surface area contributed by atoms with Gasteiger partial charge in [-0.25, -0.2) is 0 Å². The highest BCUT2D eigenvalue weighted by molar-refractivity contribution is 5.94. The molecule has 0 unspecified atom stereocenters. The van der Waals surface area contributed by atoms with Gasteiger partial charge >= 0.3 is 0 Å². The number of rotatable bonds is 1. The lowest BCUT2D eigenvalue weighted by Gasteiger charge is -2.04. The van der Waals surface area contributed by atoms with Gasteiger partial charge in [0.15, 0.2) is 0 Å². The van der Waals surface area contributed by atoms with Crippen molar-refractivity contribution in [1.29, 1.82) is 0 Å². The van der Waals surface area contributed by atoms with Gasteiger partial charge in [-0.15, -0.1) is 0 Å². The van der Waals surface area contributed by atoms with Gasteiger partial charge in [0.05, 0.1) is 11.2 Å². The standard InChI is InChI=1S/C14H12N2/c15-13-9-12(10-4-2-1-3-5-10)8-11-6-7-16-14(11)13/h1-9,16H,15H2. The highest BCUT2D eigenvalue weighted by Gasteiger charge is 2.03. The van der Waals surface area contributed by atoms with E-state index in [9.17, 15) is 0 Å².